The molecule has 1 aromatic carbocycles. The minimum absolute atomic E-state index is 0.298. The van der Waals surface area contributed by atoms with E-state index in [0.29, 0.717) is 5.75 Å². The largest absolute Gasteiger partial charge is 0.494 e. The maximum atomic E-state index is 13.5. The first-order valence-corrected chi connectivity index (χ1v) is 6.03. The molecule has 1 aromatic rings. The van der Waals surface area contributed by atoms with Crippen LogP contribution in [0.5, 0.6) is 5.75 Å². The predicted octanol–water partition coefficient (Wildman–Crippen LogP) is 2.99. The highest BCUT2D eigenvalue weighted by Crippen LogP contribution is 2.21. The van der Waals surface area contributed by atoms with Crippen molar-refractivity contribution in [1.29, 1.82) is 0 Å². The van der Waals surface area contributed by atoms with Crippen LogP contribution in [-0.2, 0) is 0 Å². The van der Waals surface area contributed by atoms with Crippen LogP contribution in [0.2, 0.25) is 0 Å². The number of methoxy groups -OCH3 is 1. The molecule has 2 nitrogen and oxygen atoms in total. The molecule has 2 rings (SSSR count). The molecular weight excluding hydrogens is 217 g/mol. The normalized spacial score (nSPS) is 19.1. The summed E-state index contributed by atoms with van der Waals surface area (Å²) < 4.78 is 18.4. The Balaban J connectivity index is 2.16. The minimum Gasteiger partial charge on any atom is -0.494 e. The molecule has 0 aliphatic carbocycles. The number of hydrogen-bond donors (Lipinski definition) is 1. The van der Waals surface area contributed by atoms with Crippen molar-refractivity contribution in [2.24, 2.45) is 0 Å². The van der Waals surface area contributed by atoms with Gasteiger partial charge in [0.2, 0.25) is 0 Å². The summed E-state index contributed by atoms with van der Waals surface area (Å²) in [5.74, 6) is 0.00304. The van der Waals surface area contributed by atoms with E-state index in [4.69, 9.17) is 4.74 Å². The van der Waals surface area contributed by atoms with Gasteiger partial charge in [0.05, 0.1) is 7.11 Å². The Morgan fingerprint density at radius 3 is 2.94 bits per heavy atom. The first-order chi connectivity index (χ1) is 8.29. The summed E-state index contributed by atoms with van der Waals surface area (Å²) in [5, 5.41) is 3.36. The topological polar surface area (TPSA) is 21.3 Å². The molecule has 0 unspecified atom stereocenters. The third kappa shape index (κ3) is 3.30. The molecule has 1 heterocycles. The number of hydrogen-bond acceptors (Lipinski definition) is 2. The summed E-state index contributed by atoms with van der Waals surface area (Å²) in [5.41, 5.74) is 2.31. The second-order valence-electron chi connectivity index (χ2n) is 4.30. The number of halogens is 1. The van der Waals surface area contributed by atoms with Crippen molar-refractivity contribution in [2.45, 2.75) is 19.3 Å². The fourth-order valence-electron chi connectivity index (χ4n) is 2.09. The summed E-state index contributed by atoms with van der Waals surface area (Å²) in [6, 6.07) is 5.11. The molecule has 1 N–H and O–H groups in total. The lowest BCUT2D eigenvalue weighted by atomic mass is 10.0. The Bertz CT molecular complexity index is 405. The van der Waals surface area contributed by atoms with Crippen LogP contribution < -0.4 is 10.1 Å². The second-order valence-corrected chi connectivity index (χ2v) is 4.30. The summed E-state index contributed by atoms with van der Waals surface area (Å²) >= 11 is 0. The van der Waals surface area contributed by atoms with Crippen LogP contribution >= 0.6 is 0 Å². The molecule has 0 saturated carbocycles. The Kier molecular flexibility index (Phi) is 4.15. The van der Waals surface area contributed by atoms with Gasteiger partial charge in [0, 0.05) is 0 Å². The van der Waals surface area contributed by atoms with Crippen LogP contribution in [0.25, 0.3) is 6.08 Å². The molecule has 0 bridgehead atoms. The molecule has 0 amide bonds. The monoisotopic (exact) mass is 235 g/mol. The summed E-state index contributed by atoms with van der Waals surface area (Å²) in [6.07, 6.45) is 5.40. The Labute approximate surface area is 101 Å². The molecule has 0 spiro atoms. The Morgan fingerprint density at radius 1 is 1.29 bits per heavy atom. The number of rotatable bonds is 2. The third-order valence-corrected chi connectivity index (χ3v) is 3.02. The van der Waals surface area contributed by atoms with Crippen molar-refractivity contribution < 1.29 is 9.13 Å². The Morgan fingerprint density at radius 2 is 2.18 bits per heavy atom. The lowest BCUT2D eigenvalue weighted by molar-refractivity contribution is 0.386. The molecule has 92 valence electrons. The quantitative estimate of drug-likeness (QED) is 0.851. The highest BCUT2D eigenvalue weighted by atomic mass is 19.1. The average Bonchev–Trinajstić information content (AvgIpc) is 2.58. The van der Waals surface area contributed by atoms with E-state index in [0.717, 1.165) is 37.9 Å². The van der Waals surface area contributed by atoms with E-state index in [2.05, 4.69) is 11.4 Å². The number of ether oxygens (including phenoxy) is 1. The lowest BCUT2D eigenvalue weighted by Gasteiger charge is -2.05. The molecule has 3 heteroatoms. The van der Waals surface area contributed by atoms with Crippen molar-refractivity contribution >= 4 is 6.08 Å². The van der Waals surface area contributed by atoms with E-state index in [9.17, 15) is 4.39 Å². The van der Waals surface area contributed by atoms with E-state index in [1.54, 1.807) is 6.07 Å². The molecule has 1 saturated heterocycles. The van der Waals surface area contributed by atoms with E-state index >= 15 is 0 Å². The van der Waals surface area contributed by atoms with E-state index < -0.39 is 0 Å². The molecular formula is C14H18FNO. The van der Waals surface area contributed by atoms with Gasteiger partial charge in [-0.05, 0) is 50.0 Å². The fraction of sp³-hybridized carbons (Fsp3) is 0.429. The molecule has 1 fully saturated rings. The smallest absolute Gasteiger partial charge is 0.165 e. The van der Waals surface area contributed by atoms with Crippen molar-refractivity contribution in [3.8, 4) is 5.75 Å². The molecule has 0 radical (unpaired) electrons. The first-order valence-electron chi connectivity index (χ1n) is 6.03. The van der Waals surface area contributed by atoms with E-state index in [1.165, 1.54) is 18.7 Å². The zero-order valence-corrected chi connectivity index (χ0v) is 10.1. The molecule has 0 aromatic heterocycles. The second kappa shape index (κ2) is 5.82. The highest BCUT2D eigenvalue weighted by Gasteiger charge is 2.05. The summed E-state index contributed by atoms with van der Waals surface area (Å²) in [6.45, 7) is 2.10. The predicted molar refractivity (Wildman–Crippen MR) is 67.6 cm³/mol. The van der Waals surface area contributed by atoms with Crippen LogP contribution in [0.3, 0.4) is 0 Å². The van der Waals surface area contributed by atoms with Gasteiger partial charge in [-0.1, -0.05) is 17.7 Å². The van der Waals surface area contributed by atoms with Gasteiger partial charge in [-0.2, -0.15) is 0 Å². The van der Waals surface area contributed by atoms with Crippen molar-refractivity contribution in [2.75, 3.05) is 20.2 Å². The van der Waals surface area contributed by atoms with Crippen molar-refractivity contribution in [3.63, 3.8) is 0 Å². The van der Waals surface area contributed by atoms with Gasteiger partial charge < -0.3 is 10.1 Å². The maximum Gasteiger partial charge on any atom is 0.165 e. The fourth-order valence-corrected chi connectivity index (χ4v) is 2.09. The molecule has 17 heavy (non-hydrogen) atoms. The van der Waals surface area contributed by atoms with E-state index in [-0.39, 0.29) is 5.82 Å². The van der Waals surface area contributed by atoms with Gasteiger partial charge in [-0.25, -0.2) is 4.39 Å². The van der Waals surface area contributed by atoms with E-state index in [1.807, 2.05) is 6.07 Å². The summed E-state index contributed by atoms with van der Waals surface area (Å²) in [4.78, 5) is 0. The lowest BCUT2D eigenvalue weighted by Crippen LogP contribution is -2.13. The van der Waals surface area contributed by atoms with Crippen molar-refractivity contribution in [1.82, 2.24) is 5.32 Å². The van der Waals surface area contributed by atoms with Crippen LogP contribution in [0.1, 0.15) is 24.8 Å². The van der Waals surface area contributed by atoms with Gasteiger partial charge in [0.25, 0.3) is 0 Å². The van der Waals surface area contributed by atoms with Crippen molar-refractivity contribution in [3.05, 3.63) is 35.2 Å². The van der Waals surface area contributed by atoms with Crippen LogP contribution in [0, 0.1) is 5.82 Å². The molecule has 0 atom stereocenters. The van der Waals surface area contributed by atoms with Crippen LogP contribution in [-0.4, -0.2) is 20.2 Å². The first kappa shape index (κ1) is 12.1. The minimum atomic E-state index is -0.298. The van der Waals surface area contributed by atoms with Crippen LogP contribution in [0.15, 0.2) is 23.8 Å². The summed E-state index contributed by atoms with van der Waals surface area (Å²) in [7, 11) is 1.48. The SMILES string of the molecule is COc1ccc(/C=C2/CCCNCC2)cc1F. The standard InChI is InChI=1S/C14H18FNO/c1-17-14-5-4-12(10-13(14)15)9-11-3-2-7-16-8-6-11/h4-5,9-10,16H,2-3,6-8H2,1H3/b11-9-. The van der Waals surface area contributed by atoms with Gasteiger partial charge in [0.15, 0.2) is 11.6 Å². The van der Waals surface area contributed by atoms with Gasteiger partial charge in [-0.15, -0.1) is 0 Å². The zero-order chi connectivity index (χ0) is 12.1. The Hall–Kier alpha value is -1.35. The van der Waals surface area contributed by atoms with Gasteiger partial charge in [0.1, 0.15) is 0 Å². The van der Waals surface area contributed by atoms with Crippen LogP contribution in [0.4, 0.5) is 4.39 Å². The van der Waals surface area contributed by atoms with Gasteiger partial charge in [-0.3, -0.25) is 0 Å². The number of benzene rings is 1. The van der Waals surface area contributed by atoms with Gasteiger partial charge >= 0.3 is 0 Å². The average molecular weight is 235 g/mol. The zero-order valence-electron chi connectivity index (χ0n) is 10.1. The highest BCUT2D eigenvalue weighted by molar-refractivity contribution is 5.54. The molecule has 1 aliphatic rings. The molecule has 1 aliphatic heterocycles. The number of nitrogens with one attached hydrogen (secondary N) is 1. The maximum absolute atomic E-state index is 13.5. The third-order valence-electron chi connectivity index (χ3n) is 3.02.